The molecule has 162 valence electrons. The Kier molecular flexibility index (Phi) is 6.17. The monoisotopic (exact) mass is 426 g/mol. The van der Waals surface area contributed by atoms with Gasteiger partial charge in [0.15, 0.2) is 11.5 Å². The summed E-state index contributed by atoms with van der Waals surface area (Å²) < 4.78 is 0. The van der Waals surface area contributed by atoms with Crippen molar-refractivity contribution < 1.29 is 14.7 Å². The summed E-state index contributed by atoms with van der Waals surface area (Å²) in [6.45, 7) is 4.21. The topological polar surface area (TPSA) is 70.5 Å². The lowest BCUT2D eigenvalue weighted by Gasteiger charge is -2.27. The van der Waals surface area contributed by atoms with Gasteiger partial charge in [0.05, 0.1) is 11.6 Å². The van der Waals surface area contributed by atoms with Crippen molar-refractivity contribution in [2.75, 3.05) is 4.90 Å². The number of anilines is 1. The number of carbonyl (C=O) groups excluding carboxylic acids is 2. The number of aromatic nitrogens is 1. The van der Waals surface area contributed by atoms with Crippen molar-refractivity contribution in [3.05, 3.63) is 107 Å². The molecule has 0 fully saturated rings. The number of pyridine rings is 1. The fraction of sp³-hybridized carbons (Fsp3) is 0.222. The van der Waals surface area contributed by atoms with E-state index in [4.69, 9.17) is 0 Å². The number of aryl methyl sites for hydroxylation is 1. The molecule has 0 spiro atoms. The molecule has 1 aliphatic rings. The molecule has 3 aromatic rings. The van der Waals surface area contributed by atoms with Gasteiger partial charge in [0.1, 0.15) is 0 Å². The third kappa shape index (κ3) is 4.19. The number of aliphatic hydroxyl groups is 1. The van der Waals surface area contributed by atoms with Crippen LogP contribution in [-0.4, -0.2) is 21.8 Å². The van der Waals surface area contributed by atoms with Gasteiger partial charge in [-0.2, -0.15) is 0 Å². The zero-order chi connectivity index (χ0) is 22.7. The molecule has 0 aliphatic carbocycles. The van der Waals surface area contributed by atoms with E-state index in [1.165, 1.54) is 4.90 Å². The van der Waals surface area contributed by atoms with Crippen molar-refractivity contribution in [1.82, 2.24) is 4.98 Å². The predicted molar refractivity (Wildman–Crippen MR) is 124 cm³/mol. The zero-order valence-electron chi connectivity index (χ0n) is 18.2. The lowest BCUT2D eigenvalue weighted by Crippen LogP contribution is -2.31. The highest BCUT2D eigenvalue weighted by atomic mass is 16.3. The molecule has 1 aromatic heterocycles. The van der Waals surface area contributed by atoms with Crippen molar-refractivity contribution in [3.8, 4) is 0 Å². The van der Waals surface area contributed by atoms with E-state index in [0.29, 0.717) is 23.6 Å². The van der Waals surface area contributed by atoms with E-state index < -0.39 is 17.7 Å². The second kappa shape index (κ2) is 9.18. The molecule has 5 heteroatoms. The number of carbonyl (C=O) groups is 2. The summed E-state index contributed by atoms with van der Waals surface area (Å²) in [6, 6.07) is 20.2. The molecule has 1 atom stereocenters. The van der Waals surface area contributed by atoms with E-state index in [2.05, 4.69) is 18.8 Å². The van der Waals surface area contributed by atoms with Crippen LogP contribution in [0.25, 0.3) is 0 Å². The molecule has 2 aromatic carbocycles. The van der Waals surface area contributed by atoms with Crippen LogP contribution in [0, 0.1) is 0 Å². The minimum Gasteiger partial charge on any atom is -0.503 e. The molecule has 4 rings (SSSR count). The Hall–Kier alpha value is -3.73. The average Bonchev–Trinajstić information content (AvgIpc) is 3.09. The van der Waals surface area contributed by atoms with Gasteiger partial charge in [-0.1, -0.05) is 62.4 Å². The van der Waals surface area contributed by atoms with Crippen molar-refractivity contribution >= 4 is 17.4 Å². The van der Waals surface area contributed by atoms with Crippen LogP contribution < -0.4 is 4.90 Å². The fourth-order valence-electron chi connectivity index (χ4n) is 4.07. The Morgan fingerprint density at radius 2 is 1.75 bits per heavy atom. The van der Waals surface area contributed by atoms with Gasteiger partial charge < -0.3 is 5.11 Å². The van der Waals surface area contributed by atoms with Gasteiger partial charge in [0.2, 0.25) is 0 Å². The van der Waals surface area contributed by atoms with Gasteiger partial charge in [-0.3, -0.25) is 19.5 Å². The molecule has 32 heavy (non-hydrogen) atoms. The standard InChI is InChI=1S/C27H26N2O3/c1-18(2)20-11-13-22(14-12-20)29-25(21-9-6-16-28-17-21)24(26(31)27(29)32)23(30)15-10-19-7-4-3-5-8-19/h3-9,11-14,16-18,25,31H,10,15H2,1-2H3. The first kappa shape index (κ1) is 21.5. The van der Waals surface area contributed by atoms with Crippen LogP contribution in [0.15, 0.2) is 90.5 Å². The summed E-state index contributed by atoms with van der Waals surface area (Å²) in [7, 11) is 0. The van der Waals surface area contributed by atoms with Crippen LogP contribution in [0.1, 0.15) is 48.9 Å². The predicted octanol–water partition coefficient (Wildman–Crippen LogP) is 5.31. The Morgan fingerprint density at radius 3 is 2.38 bits per heavy atom. The van der Waals surface area contributed by atoms with Crippen LogP contribution in [0.4, 0.5) is 5.69 Å². The maximum Gasteiger partial charge on any atom is 0.294 e. The van der Waals surface area contributed by atoms with Crippen LogP contribution in [-0.2, 0) is 16.0 Å². The van der Waals surface area contributed by atoms with Gasteiger partial charge in [0, 0.05) is 24.5 Å². The molecular weight excluding hydrogens is 400 g/mol. The van der Waals surface area contributed by atoms with Crippen LogP contribution in [0.5, 0.6) is 0 Å². The molecule has 0 radical (unpaired) electrons. The van der Waals surface area contributed by atoms with Gasteiger partial charge in [0.25, 0.3) is 5.91 Å². The average molecular weight is 427 g/mol. The fourth-order valence-corrected chi connectivity index (χ4v) is 4.07. The number of nitrogens with zero attached hydrogens (tertiary/aromatic N) is 2. The van der Waals surface area contributed by atoms with Gasteiger partial charge >= 0.3 is 0 Å². The highest BCUT2D eigenvalue weighted by Gasteiger charge is 2.44. The number of Topliss-reactive ketones (excluding diaryl/α,β-unsaturated/α-hetero) is 1. The van der Waals surface area contributed by atoms with E-state index in [1.54, 1.807) is 18.5 Å². The summed E-state index contributed by atoms with van der Waals surface area (Å²) in [5.74, 6) is -0.937. The largest absolute Gasteiger partial charge is 0.503 e. The Balaban J connectivity index is 1.69. The quantitative estimate of drug-likeness (QED) is 0.556. The number of benzene rings is 2. The number of ketones is 1. The smallest absolute Gasteiger partial charge is 0.294 e. The summed E-state index contributed by atoms with van der Waals surface area (Å²) in [5.41, 5.74) is 3.62. The Morgan fingerprint density at radius 1 is 1.03 bits per heavy atom. The summed E-state index contributed by atoms with van der Waals surface area (Å²) >= 11 is 0. The molecule has 0 bridgehead atoms. The van der Waals surface area contributed by atoms with Gasteiger partial charge in [-0.05, 0) is 47.2 Å². The Labute approximate surface area is 188 Å². The second-order valence-electron chi connectivity index (χ2n) is 8.28. The molecule has 2 heterocycles. The lowest BCUT2D eigenvalue weighted by molar-refractivity contribution is -0.118. The molecule has 0 saturated carbocycles. The first-order chi connectivity index (χ1) is 15.5. The lowest BCUT2D eigenvalue weighted by atomic mass is 9.93. The first-order valence-electron chi connectivity index (χ1n) is 10.8. The normalized spacial score (nSPS) is 16.2. The van der Waals surface area contributed by atoms with E-state index >= 15 is 0 Å². The van der Waals surface area contributed by atoms with Gasteiger partial charge in [-0.15, -0.1) is 0 Å². The highest BCUT2D eigenvalue weighted by Crippen LogP contribution is 2.41. The summed E-state index contributed by atoms with van der Waals surface area (Å²) in [4.78, 5) is 32.1. The molecule has 1 unspecified atom stereocenters. The number of hydrogen-bond donors (Lipinski definition) is 1. The minimum absolute atomic E-state index is 0.131. The zero-order valence-corrected chi connectivity index (χ0v) is 18.2. The van der Waals surface area contributed by atoms with E-state index in [-0.39, 0.29) is 17.8 Å². The van der Waals surface area contributed by atoms with Crippen molar-refractivity contribution in [3.63, 3.8) is 0 Å². The molecule has 1 aliphatic heterocycles. The van der Waals surface area contributed by atoms with Crippen molar-refractivity contribution in [1.29, 1.82) is 0 Å². The maximum atomic E-state index is 13.3. The minimum atomic E-state index is -0.718. The molecule has 0 saturated heterocycles. The maximum absolute atomic E-state index is 13.3. The third-order valence-corrected chi connectivity index (χ3v) is 5.83. The molecule has 1 amide bonds. The molecule has 1 N–H and O–H groups in total. The van der Waals surface area contributed by atoms with Crippen molar-refractivity contribution in [2.45, 2.75) is 38.6 Å². The number of rotatable bonds is 7. The van der Waals surface area contributed by atoms with Crippen molar-refractivity contribution in [2.24, 2.45) is 0 Å². The van der Waals surface area contributed by atoms with Crippen LogP contribution in [0.3, 0.4) is 0 Å². The third-order valence-electron chi connectivity index (χ3n) is 5.83. The molecular formula is C27H26N2O3. The van der Waals surface area contributed by atoms with Gasteiger partial charge in [-0.25, -0.2) is 0 Å². The highest BCUT2D eigenvalue weighted by molar-refractivity contribution is 6.16. The number of amides is 1. The van der Waals surface area contributed by atoms with E-state index in [1.807, 2.05) is 60.7 Å². The summed E-state index contributed by atoms with van der Waals surface area (Å²) in [5, 5.41) is 10.8. The Bertz CT molecular complexity index is 1140. The number of hydrogen-bond acceptors (Lipinski definition) is 4. The van der Waals surface area contributed by atoms with E-state index in [9.17, 15) is 14.7 Å². The van der Waals surface area contributed by atoms with E-state index in [0.717, 1.165) is 11.1 Å². The van der Waals surface area contributed by atoms with Crippen LogP contribution >= 0.6 is 0 Å². The first-order valence-corrected chi connectivity index (χ1v) is 10.8. The molecule has 5 nitrogen and oxygen atoms in total. The summed E-state index contributed by atoms with van der Waals surface area (Å²) in [6.07, 6.45) is 4.01. The van der Waals surface area contributed by atoms with Crippen LogP contribution in [0.2, 0.25) is 0 Å². The SMILES string of the molecule is CC(C)c1ccc(N2C(=O)C(O)=C(C(=O)CCc3ccccc3)C2c2cccnc2)cc1. The number of aliphatic hydroxyl groups excluding tert-OH is 1. The second-order valence-corrected chi connectivity index (χ2v) is 8.28.